The summed E-state index contributed by atoms with van der Waals surface area (Å²) in [6.45, 7) is 3.09. The number of nitrogen functional groups attached to an aromatic ring is 1. The van der Waals surface area contributed by atoms with Gasteiger partial charge in [-0.25, -0.2) is 4.98 Å². The Morgan fingerprint density at radius 3 is 2.45 bits per heavy atom. The summed E-state index contributed by atoms with van der Waals surface area (Å²) >= 11 is 0. The average Bonchev–Trinajstić information content (AvgIpc) is 2.55. The molecule has 3 N–H and O–H groups in total. The summed E-state index contributed by atoms with van der Waals surface area (Å²) in [7, 11) is 1.60. The van der Waals surface area contributed by atoms with E-state index < -0.39 is 0 Å². The summed E-state index contributed by atoms with van der Waals surface area (Å²) in [5.74, 6) is 2.17. The molecule has 0 aliphatic carbocycles. The maximum absolute atomic E-state index is 9.10. The maximum Gasteiger partial charge on any atom is 0.248 e. The first kappa shape index (κ1) is 15.8. The Morgan fingerprint density at radius 1 is 1.18 bits per heavy atom. The number of rotatable bonds is 7. The molecule has 0 saturated carbocycles. The number of nitrogens with two attached hydrogens (primary N) is 1. The predicted molar refractivity (Wildman–Crippen MR) is 84.5 cm³/mol. The molecule has 7 heteroatoms. The number of hydrogen-bond acceptors (Lipinski definition) is 7. The summed E-state index contributed by atoms with van der Waals surface area (Å²) in [6.07, 6.45) is 1.39. The van der Waals surface area contributed by atoms with Crippen LogP contribution in [-0.2, 0) is 0 Å². The number of aromatic nitrogens is 2. The van der Waals surface area contributed by atoms with E-state index in [1.165, 1.54) is 6.33 Å². The lowest BCUT2D eigenvalue weighted by Crippen LogP contribution is -2.28. The maximum atomic E-state index is 9.10. The Hall–Kier alpha value is -2.54. The SMILES string of the molecule is CCN(CCO)c1ncnc(Oc2ccc(OC)cc2)c1N. The van der Waals surface area contributed by atoms with Crippen LogP contribution in [0, 0.1) is 0 Å². The number of nitrogens with zero attached hydrogens (tertiary/aromatic N) is 3. The number of ether oxygens (including phenoxy) is 2. The third-order valence-corrected chi connectivity index (χ3v) is 3.15. The largest absolute Gasteiger partial charge is 0.497 e. The van der Waals surface area contributed by atoms with Crippen molar-refractivity contribution in [3.8, 4) is 17.4 Å². The van der Waals surface area contributed by atoms with Gasteiger partial charge in [-0.3, -0.25) is 0 Å². The highest BCUT2D eigenvalue weighted by atomic mass is 16.5. The highest BCUT2D eigenvalue weighted by molar-refractivity contribution is 5.68. The number of aliphatic hydroxyl groups excluding tert-OH is 1. The predicted octanol–water partition coefficient (Wildman–Crippen LogP) is 1.68. The molecule has 22 heavy (non-hydrogen) atoms. The van der Waals surface area contributed by atoms with Crippen LogP contribution < -0.4 is 20.1 Å². The van der Waals surface area contributed by atoms with E-state index in [1.807, 2.05) is 11.8 Å². The van der Waals surface area contributed by atoms with Gasteiger partial charge < -0.3 is 25.2 Å². The van der Waals surface area contributed by atoms with E-state index in [4.69, 9.17) is 20.3 Å². The van der Waals surface area contributed by atoms with E-state index >= 15 is 0 Å². The lowest BCUT2D eigenvalue weighted by Gasteiger charge is -2.22. The van der Waals surface area contributed by atoms with Crippen molar-refractivity contribution in [1.82, 2.24) is 9.97 Å². The molecular weight excluding hydrogens is 284 g/mol. The van der Waals surface area contributed by atoms with Crippen LogP contribution in [0.15, 0.2) is 30.6 Å². The molecule has 0 aliphatic heterocycles. The van der Waals surface area contributed by atoms with Crippen LogP contribution in [-0.4, -0.2) is 41.9 Å². The lowest BCUT2D eigenvalue weighted by atomic mass is 10.3. The van der Waals surface area contributed by atoms with Crippen molar-refractivity contribution in [1.29, 1.82) is 0 Å². The summed E-state index contributed by atoms with van der Waals surface area (Å²) in [6, 6.07) is 7.12. The van der Waals surface area contributed by atoms with Gasteiger partial charge in [0.1, 0.15) is 23.5 Å². The van der Waals surface area contributed by atoms with E-state index in [0.29, 0.717) is 30.3 Å². The Morgan fingerprint density at radius 2 is 1.86 bits per heavy atom. The van der Waals surface area contributed by atoms with E-state index in [2.05, 4.69) is 9.97 Å². The number of methoxy groups -OCH3 is 1. The van der Waals surface area contributed by atoms with Crippen LogP contribution in [0.4, 0.5) is 11.5 Å². The smallest absolute Gasteiger partial charge is 0.248 e. The summed E-state index contributed by atoms with van der Waals surface area (Å²) in [4.78, 5) is 10.1. The molecule has 0 radical (unpaired) electrons. The Labute approximate surface area is 129 Å². The summed E-state index contributed by atoms with van der Waals surface area (Å²) in [5.41, 5.74) is 6.44. The lowest BCUT2D eigenvalue weighted by molar-refractivity contribution is 0.302. The molecule has 0 saturated heterocycles. The molecular formula is C15H20N4O3. The second-order valence-corrected chi connectivity index (χ2v) is 4.50. The normalized spacial score (nSPS) is 10.3. The van der Waals surface area contributed by atoms with Crippen molar-refractivity contribution in [2.75, 3.05) is 37.4 Å². The van der Waals surface area contributed by atoms with Gasteiger partial charge in [-0.05, 0) is 31.2 Å². The van der Waals surface area contributed by atoms with Gasteiger partial charge in [-0.1, -0.05) is 0 Å². The number of benzene rings is 1. The second kappa shape index (κ2) is 7.46. The van der Waals surface area contributed by atoms with Crippen molar-refractivity contribution in [3.63, 3.8) is 0 Å². The van der Waals surface area contributed by atoms with E-state index in [9.17, 15) is 0 Å². The third-order valence-electron chi connectivity index (χ3n) is 3.15. The molecule has 2 rings (SSSR count). The van der Waals surface area contributed by atoms with Gasteiger partial charge in [0.15, 0.2) is 5.82 Å². The fourth-order valence-corrected chi connectivity index (χ4v) is 1.99. The zero-order chi connectivity index (χ0) is 15.9. The van der Waals surface area contributed by atoms with Gasteiger partial charge in [-0.15, -0.1) is 0 Å². The average molecular weight is 304 g/mol. The molecule has 1 aromatic heterocycles. The molecule has 0 aliphatic rings. The van der Waals surface area contributed by atoms with Crippen LogP contribution in [0.1, 0.15) is 6.92 Å². The highest BCUT2D eigenvalue weighted by Gasteiger charge is 2.15. The zero-order valence-corrected chi connectivity index (χ0v) is 12.7. The van der Waals surface area contributed by atoms with Crippen LogP contribution in [0.2, 0.25) is 0 Å². The standard InChI is InChI=1S/C15H20N4O3/c1-3-19(8-9-20)14-13(16)15(18-10-17-14)22-12-6-4-11(21-2)5-7-12/h4-7,10,20H,3,8-9,16H2,1-2H3. The Balaban J connectivity index is 2.23. The van der Waals surface area contributed by atoms with Crippen molar-refractivity contribution in [2.24, 2.45) is 0 Å². The van der Waals surface area contributed by atoms with E-state index in [0.717, 1.165) is 5.75 Å². The van der Waals surface area contributed by atoms with Crippen molar-refractivity contribution >= 4 is 11.5 Å². The first-order chi connectivity index (χ1) is 10.7. The fourth-order valence-electron chi connectivity index (χ4n) is 1.99. The van der Waals surface area contributed by atoms with E-state index in [1.54, 1.807) is 31.4 Å². The molecule has 1 heterocycles. The number of likely N-dealkylation sites (N-methyl/N-ethyl adjacent to an activating group) is 1. The van der Waals surface area contributed by atoms with Crippen molar-refractivity contribution in [2.45, 2.75) is 6.92 Å². The highest BCUT2D eigenvalue weighted by Crippen LogP contribution is 2.31. The minimum atomic E-state index is 0.0198. The van der Waals surface area contributed by atoms with Gasteiger partial charge in [-0.2, -0.15) is 4.98 Å². The molecule has 2 aromatic rings. The molecule has 0 unspecified atom stereocenters. The van der Waals surface area contributed by atoms with Crippen molar-refractivity contribution < 1.29 is 14.6 Å². The van der Waals surface area contributed by atoms with Gasteiger partial charge >= 0.3 is 0 Å². The molecule has 0 fully saturated rings. The monoisotopic (exact) mass is 304 g/mol. The topological polar surface area (TPSA) is 93.7 Å². The molecule has 7 nitrogen and oxygen atoms in total. The second-order valence-electron chi connectivity index (χ2n) is 4.50. The van der Waals surface area contributed by atoms with Crippen molar-refractivity contribution in [3.05, 3.63) is 30.6 Å². The van der Waals surface area contributed by atoms with Crippen LogP contribution >= 0.6 is 0 Å². The van der Waals surface area contributed by atoms with Gasteiger partial charge in [0.05, 0.1) is 13.7 Å². The molecule has 1 aromatic carbocycles. The minimum absolute atomic E-state index is 0.0198. The number of aliphatic hydroxyl groups is 1. The number of hydrogen-bond donors (Lipinski definition) is 2. The first-order valence-electron chi connectivity index (χ1n) is 6.97. The van der Waals surface area contributed by atoms with E-state index in [-0.39, 0.29) is 12.5 Å². The van der Waals surface area contributed by atoms with Crippen LogP contribution in [0.25, 0.3) is 0 Å². The Bertz CT molecular complexity index is 604. The van der Waals surface area contributed by atoms with Crippen LogP contribution in [0.5, 0.6) is 17.4 Å². The minimum Gasteiger partial charge on any atom is -0.497 e. The third kappa shape index (κ3) is 3.56. The van der Waals surface area contributed by atoms with Gasteiger partial charge in [0.25, 0.3) is 0 Å². The quantitative estimate of drug-likeness (QED) is 0.803. The zero-order valence-electron chi connectivity index (χ0n) is 12.7. The molecule has 118 valence electrons. The molecule has 0 bridgehead atoms. The van der Waals surface area contributed by atoms with Gasteiger partial charge in [0.2, 0.25) is 5.88 Å². The van der Waals surface area contributed by atoms with Crippen LogP contribution in [0.3, 0.4) is 0 Å². The molecule has 0 atom stereocenters. The number of anilines is 2. The van der Waals surface area contributed by atoms with Gasteiger partial charge in [0, 0.05) is 13.1 Å². The molecule has 0 spiro atoms. The summed E-state index contributed by atoms with van der Waals surface area (Å²) in [5, 5.41) is 9.10. The molecule has 0 amide bonds. The first-order valence-corrected chi connectivity index (χ1v) is 6.97. The fraction of sp³-hybridized carbons (Fsp3) is 0.333. The summed E-state index contributed by atoms with van der Waals surface area (Å²) < 4.78 is 10.8. The Kier molecular flexibility index (Phi) is 5.37.